The van der Waals surface area contributed by atoms with E-state index in [4.69, 9.17) is 18.9 Å². The van der Waals surface area contributed by atoms with E-state index in [1.165, 1.54) is 0 Å². The molecule has 71 heavy (non-hydrogen) atoms. The van der Waals surface area contributed by atoms with E-state index in [0.717, 1.165) is 36.9 Å². The molecule has 388 valence electrons. The van der Waals surface area contributed by atoms with Crippen molar-refractivity contribution in [2.75, 3.05) is 51.2 Å². The molecular weight excluding hydrogens is 921 g/mol. The third-order valence-corrected chi connectivity index (χ3v) is 17.0. The first-order valence-corrected chi connectivity index (χ1v) is 24.8. The van der Waals surface area contributed by atoms with Crippen LogP contribution in [0.2, 0.25) is 0 Å². The van der Waals surface area contributed by atoms with E-state index >= 15 is 0 Å². The summed E-state index contributed by atoms with van der Waals surface area (Å²) in [6, 6.07) is 9.60. The van der Waals surface area contributed by atoms with Crippen LogP contribution in [0.1, 0.15) is 91.4 Å². The number of hydrogen-bond donors (Lipinski definition) is 6. The lowest BCUT2D eigenvalue weighted by atomic mass is 9.43. The zero-order valence-corrected chi connectivity index (χ0v) is 41.3. The summed E-state index contributed by atoms with van der Waals surface area (Å²) >= 11 is 0. The highest BCUT2D eigenvalue weighted by Gasteiger charge is 2.66. The molecule has 0 saturated heterocycles. The molecule has 0 unspecified atom stereocenters. The monoisotopic (exact) mass is 990 g/mol. The Hall–Kier alpha value is -5.63. The van der Waals surface area contributed by atoms with Crippen molar-refractivity contribution in [3.8, 4) is 11.5 Å². The number of amides is 4. The maximum atomic E-state index is 14.1. The number of carbonyl (C=O) groups is 7. The smallest absolute Gasteiger partial charge is 0.331 e. The summed E-state index contributed by atoms with van der Waals surface area (Å²) in [5.74, 6) is -4.46. The van der Waals surface area contributed by atoms with Crippen molar-refractivity contribution < 1.29 is 72.9 Å². The highest BCUT2D eigenvalue weighted by molar-refractivity contribution is 5.97. The second-order valence-corrected chi connectivity index (χ2v) is 20.7. The van der Waals surface area contributed by atoms with Crippen LogP contribution >= 0.6 is 0 Å². The van der Waals surface area contributed by atoms with E-state index in [1.807, 2.05) is 0 Å². The second kappa shape index (κ2) is 22.4. The van der Waals surface area contributed by atoms with Crippen molar-refractivity contribution >= 4 is 52.9 Å². The van der Waals surface area contributed by atoms with Gasteiger partial charge in [0.2, 0.25) is 23.6 Å². The van der Waals surface area contributed by atoms with Crippen LogP contribution in [-0.2, 0) is 47.8 Å². The molecule has 4 aliphatic carbocycles. The van der Waals surface area contributed by atoms with Crippen LogP contribution in [-0.4, -0.2) is 143 Å². The van der Waals surface area contributed by atoms with Crippen LogP contribution in [0.5, 0.6) is 11.5 Å². The topological polar surface area (TPSA) is 268 Å². The molecule has 19 heteroatoms. The van der Waals surface area contributed by atoms with Gasteiger partial charge in [0.15, 0.2) is 12.1 Å². The largest absolute Gasteiger partial charge is 0.467 e. The molecule has 4 saturated carbocycles. The van der Waals surface area contributed by atoms with Crippen molar-refractivity contribution in [3.63, 3.8) is 0 Å². The van der Waals surface area contributed by atoms with Crippen molar-refractivity contribution in [3.05, 3.63) is 48.5 Å². The maximum Gasteiger partial charge on any atom is 0.331 e. The van der Waals surface area contributed by atoms with E-state index in [9.17, 15) is 54.0 Å². The van der Waals surface area contributed by atoms with Crippen molar-refractivity contribution in [1.29, 1.82) is 0 Å². The number of carbonyl (C=O) groups excluding carboxylic acids is 7. The van der Waals surface area contributed by atoms with Gasteiger partial charge in [0, 0.05) is 24.2 Å². The van der Waals surface area contributed by atoms with Crippen molar-refractivity contribution in [2.24, 2.45) is 46.3 Å². The lowest BCUT2D eigenvalue weighted by molar-refractivity contribution is -0.209. The molecule has 8 heterocycles. The number of aliphatic hydroxyl groups is 4. The number of nitrogens with one attached hydrogen (secondary N) is 2. The molecule has 8 aliphatic heterocycles. The van der Waals surface area contributed by atoms with Crippen LogP contribution in [0, 0.1) is 46.3 Å². The maximum absolute atomic E-state index is 14.1. The van der Waals surface area contributed by atoms with Gasteiger partial charge < -0.3 is 59.8 Å². The quantitative estimate of drug-likeness (QED) is 0.178. The Morgan fingerprint density at radius 2 is 1.23 bits per heavy atom. The first-order valence-electron chi connectivity index (χ1n) is 24.8. The lowest BCUT2D eigenvalue weighted by Gasteiger charge is -2.63. The minimum Gasteiger partial charge on any atom is -0.467 e. The molecule has 0 aromatic heterocycles. The van der Waals surface area contributed by atoms with E-state index in [0.29, 0.717) is 61.4 Å². The van der Waals surface area contributed by atoms with Gasteiger partial charge >= 0.3 is 17.9 Å². The van der Waals surface area contributed by atoms with Gasteiger partial charge in [-0.1, -0.05) is 20.8 Å². The predicted molar refractivity (Wildman–Crippen MR) is 255 cm³/mol. The molecule has 13 atom stereocenters. The molecule has 12 bridgehead atoms. The molecule has 12 aliphatic rings. The number of hydrogen-bond acceptors (Lipinski definition) is 15. The molecule has 4 amide bonds. The molecule has 2 aromatic carbocycles. The van der Waals surface area contributed by atoms with Crippen LogP contribution in [0.4, 0.5) is 11.4 Å². The van der Waals surface area contributed by atoms with Gasteiger partial charge in [0.25, 0.3) is 0 Å². The summed E-state index contributed by atoms with van der Waals surface area (Å²) in [7, 11) is 2.23. The SMILES string of the molecule is COC(=O)[C@H](CO)N1CC(=O)Nc2ccc(cc2)Oc2ccc(cc2)NC(=O)CN([C@@H](CO)C(=O)OC)C(=O)CC[C@@H](C)[C@H]2CC[C@H]3[C@@H]4[C@H](O)C[C@@H]5C[C@@H](CC[C@]5(C)[C@H]4C[C@H](O)[C@]23C)OC(=O)CCC1=O. The molecule has 2 aromatic rings. The highest BCUT2D eigenvalue weighted by Crippen LogP contribution is 2.68. The molecule has 4 fully saturated rings. The highest BCUT2D eigenvalue weighted by atomic mass is 16.5. The average molecular weight is 991 g/mol. The fraction of sp³-hybridized carbons (Fsp3) is 0.635. The van der Waals surface area contributed by atoms with Gasteiger partial charge in [0.1, 0.15) is 30.7 Å². The first-order chi connectivity index (χ1) is 33.8. The standard InChI is InChI=1S/C52H70N4O15/c1-29-6-17-45(63)55(39(27-57)49(66)68-4)25-43(61)53-31-7-11-33(12-8-31)70-34-13-9-32(10-14-34)54-44(62)26-56(40(28-58)50(67)69-5)46(64)18-19-47(65)71-35-20-21-51(2)30(22-35)23-41(59)48-37-16-15-36(29)52(37,3)42(60)24-38(48)51/h7-14,29-30,35-42,48,57-60H,6,15-28H2,1-5H3,(H,53,61)(H,54,62)/t29-,30+,35-,36-,37+,38+,39+,40+,41-,42+,48+,51+,52-/m1/s1. The van der Waals surface area contributed by atoms with E-state index in [1.54, 1.807) is 48.5 Å². The van der Waals surface area contributed by atoms with Crippen LogP contribution in [0.15, 0.2) is 48.5 Å². The fourth-order valence-corrected chi connectivity index (χ4v) is 13.2. The second-order valence-electron chi connectivity index (χ2n) is 20.7. The summed E-state index contributed by atoms with van der Waals surface area (Å²) in [6.45, 7) is 3.58. The number of aliphatic hydroxyl groups excluding tert-OH is 4. The lowest BCUT2D eigenvalue weighted by Crippen LogP contribution is -2.62. The van der Waals surface area contributed by atoms with Gasteiger partial charge in [0.05, 0.1) is 46.1 Å². The van der Waals surface area contributed by atoms with Gasteiger partial charge in [-0.05, 0) is 146 Å². The Morgan fingerprint density at radius 1 is 0.704 bits per heavy atom. The van der Waals surface area contributed by atoms with E-state index in [2.05, 4.69) is 31.4 Å². The van der Waals surface area contributed by atoms with Crippen molar-refractivity contribution in [2.45, 2.75) is 122 Å². The third-order valence-electron chi connectivity index (χ3n) is 17.0. The van der Waals surface area contributed by atoms with E-state index in [-0.39, 0.29) is 53.8 Å². The summed E-state index contributed by atoms with van der Waals surface area (Å²) in [4.78, 5) is 95.4. The minimum absolute atomic E-state index is 0.000165. The minimum atomic E-state index is -1.53. The normalized spacial score (nSPS) is 33.0. The van der Waals surface area contributed by atoms with E-state index < -0.39 is 110 Å². The first kappa shape index (κ1) is 53.2. The summed E-state index contributed by atoms with van der Waals surface area (Å²) in [5, 5.41) is 50.2. The average Bonchev–Trinajstić information content (AvgIpc) is 3.71. The molecule has 14 rings (SSSR count). The number of ether oxygens (including phenoxy) is 4. The summed E-state index contributed by atoms with van der Waals surface area (Å²) in [6.07, 6.45) is 2.01. The Bertz CT molecular complexity index is 2280. The number of benzene rings is 2. The van der Waals surface area contributed by atoms with Gasteiger partial charge in [-0.2, -0.15) is 0 Å². The number of anilines is 2. The number of rotatable bonds is 6. The van der Waals surface area contributed by atoms with Crippen LogP contribution < -0.4 is 15.4 Å². The Labute approximate surface area is 413 Å². The molecule has 0 spiro atoms. The Kier molecular flexibility index (Phi) is 16.8. The number of nitrogens with zero attached hydrogens (tertiary/aromatic N) is 2. The zero-order valence-electron chi connectivity index (χ0n) is 41.3. The number of esters is 3. The Morgan fingerprint density at radius 3 is 1.75 bits per heavy atom. The molecule has 6 N–H and O–H groups in total. The van der Waals surface area contributed by atoms with Gasteiger partial charge in [-0.15, -0.1) is 0 Å². The predicted octanol–water partition coefficient (Wildman–Crippen LogP) is 3.80. The van der Waals surface area contributed by atoms with Crippen molar-refractivity contribution in [1.82, 2.24) is 9.80 Å². The fourth-order valence-electron chi connectivity index (χ4n) is 13.2. The van der Waals surface area contributed by atoms with Gasteiger partial charge in [-0.25, -0.2) is 9.59 Å². The molecular formula is C52H70N4O15. The third kappa shape index (κ3) is 11.2. The summed E-state index contributed by atoms with van der Waals surface area (Å²) in [5.41, 5.74) is -0.154. The zero-order chi connectivity index (χ0) is 51.4. The molecule has 19 nitrogen and oxygen atoms in total. The molecule has 0 radical (unpaired) electrons. The number of methoxy groups -OCH3 is 2. The van der Waals surface area contributed by atoms with Gasteiger partial charge in [-0.3, -0.25) is 24.0 Å². The Balaban J connectivity index is 1.14. The van der Waals surface area contributed by atoms with Crippen LogP contribution in [0.3, 0.4) is 0 Å². The summed E-state index contributed by atoms with van der Waals surface area (Å²) < 4.78 is 21.6. The van der Waals surface area contributed by atoms with Crippen LogP contribution in [0.25, 0.3) is 0 Å².